The van der Waals surface area contributed by atoms with Crippen LogP contribution in [0.1, 0.15) is 105 Å². The topological polar surface area (TPSA) is 268 Å². The maximum atomic E-state index is 12.8. The predicted molar refractivity (Wildman–Crippen MR) is 189 cm³/mol. The molecule has 0 aliphatic rings. The normalized spacial score (nSPS) is 12.0. The largest absolute Gasteiger partial charge is 0.481 e. The fourth-order valence-corrected chi connectivity index (χ4v) is 4.44. The maximum Gasteiger partial charge on any atom is 0.303 e. The minimum absolute atomic E-state index is 0.0740. The SMILES string of the molecule is CC(C)OCC(=O)NCCCC[C@H](NC(=O)CCC(=O)N[C@@H](CCCCNC(=O)COC(C)C)C(=O)NCCCC(=O)O)C(=O)NCCCC(=O)O. The van der Waals surface area contributed by atoms with Gasteiger partial charge in [-0.3, -0.25) is 38.4 Å². The number of amides is 6. The number of aliphatic carboxylic acids is 2. The highest BCUT2D eigenvalue weighted by atomic mass is 16.5. The molecule has 0 aromatic carbocycles. The fourth-order valence-electron chi connectivity index (χ4n) is 4.44. The molecule has 0 aliphatic heterocycles. The first kappa shape index (κ1) is 47.7. The Balaban J connectivity index is 5.10. The van der Waals surface area contributed by atoms with Crippen LogP contribution in [-0.4, -0.2) is 121 Å². The van der Waals surface area contributed by atoms with Crippen molar-refractivity contribution in [1.29, 1.82) is 0 Å². The second-order valence-electron chi connectivity index (χ2n) is 12.7. The van der Waals surface area contributed by atoms with E-state index in [4.69, 9.17) is 19.7 Å². The van der Waals surface area contributed by atoms with Crippen LogP contribution in [0.5, 0.6) is 0 Å². The lowest BCUT2D eigenvalue weighted by molar-refractivity contribution is -0.138. The summed E-state index contributed by atoms with van der Waals surface area (Å²) >= 11 is 0. The first-order chi connectivity index (χ1) is 24.6. The van der Waals surface area contributed by atoms with E-state index >= 15 is 0 Å². The lowest BCUT2D eigenvalue weighted by Gasteiger charge is -2.20. The van der Waals surface area contributed by atoms with Gasteiger partial charge in [0.25, 0.3) is 0 Å². The quantitative estimate of drug-likeness (QED) is 0.0440. The number of hydrogen-bond donors (Lipinski definition) is 8. The molecule has 0 spiro atoms. The number of nitrogens with one attached hydrogen (secondary N) is 6. The number of carboxylic acid groups (broad SMARTS) is 2. The van der Waals surface area contributed by atoms with E-state index in [1.165, 1.54) is 0 Å². The summed E-state index contributed by atoms with van der Waals surface area (Å²) in [6, 6.07) is -1.94. The number of ether oxygens (including phenoxy) is 2. The Bertz CT molecular complexity index is 1050. The molecule has 0 fully saturated rings. The Kier molecular flexibility index (Phi) is 26.8. The van der Waals surface area contributed by atoms with E-state index in [-0.39, 0.29) is 102 Å². The number of unbranched alkanes of at least 4 members (excludes halogenated alkanes) is 2. The molecule has 0 aromatic heterocycles. The van der Waals surface area contributed by atoms with Crippen molar-refractivity contribution in [1.82, 2.24) is 31.9 Å². The molecule has 52 heavy (non-hydrogen) atoms. The van der Waals surface area contributed by atoms with Crippen LogP contribution in [0.2, 0.25) is 0 Å². The molecular weight excluding hydrogens is 684 g/mol. The Morgan fingerprint density at radius 2 is 0.808 bits per heavy atom. The van der Waals surface area contributed by atoms with Gasteiger partial charge in [-0.1, -0.05) is 0 Å². The maximum absolute atomic E-state index is 12.8. The summed E-state index contributed by atoms with van der Waals surface area (Å²) < 4.78 is 10.5. The van der Waals surface area contributed by atoms with E-state index in [0.717, 1.165) is 0 Å². The van der Waals surface area contributed by atoms with Crippen LogP contribution < -0.4 is 31.9 Å². The minimum Gasteiger partial charge on any atom is -0.481 e. The van der Waals surface area contributed by atoms with Crippen molar-refractivity contribution < 1.29 is 58.0 Å². The summed E-state index contributed by atoms with van der Waals surface area (Å²) in [5, 5.41) is 33.6. The molecule has 0 saturated heterocycles. The third kappa shape index (κ3) is 28.4. The van der Waals surface area contributed by atoms with Crippen LogP contribution in [0, 0.1) is 0 Å². The molecule has 0 heterocycles. The monoisotopic (exact) mass is 744 g/mol. The van der Waals surface area contributed by atoms with Crippen LogP contribution in [0.4, 0.5) is 0 Å². The zero-order chi connectivity index (χ0) is 39.3. The van der Waals surface area contributed by atoms with Gasteiger partial charge >= 0.3 is 11.9 Å². The minimum atomic E-state index is -1.01. The first-order valence-electron chi connectivity index (χ1n) is 17.9. The van der Waals surface area contributed by atoms with Crippen molar-refractivity contribution in [2.45, 2.75) is 129 Å². The molecule has 0 aliphatic carbocycles. The molecule has 298 valence electrons. The van der Waals surface area contributed by atoms with Crippen LogP contribution >= 0.6 is 0 Å². The molecule has 18 nitrogen and oxygen atoms in total. The van der Waals surface area contributed by atoms with Gasteiger partial charge in [-0.15, -0.1) is 0 Å². The second kappa shape index (κ2) is 29.3. The van der Waals surface area contributed by atoms with E-state index in [9.17, 15) is 38.4 Å². The van der Waals surface area contributed by atoms with Crippen LogP contribution in [0.25, 0.3) is 0 Å². The molecule has 0 aromatic rings. The van der Waals surface area contributed by atoms with Gasteiger partial charge in [0.2, 0.25) is 35.4 Å². The number of carbonyl (C=O) groups is 8. The average Bonchev–Trinajstić information content (AvgIpc) is 3.07. The van der Waals surface area contributed by atoms with Crippen LogP contribution in [0.15, 0.2) is 0 Å². The lowest BCUT2D eigenvalue weighted by atomic mass is 10.1. The summed E-state index contributed by atoms with van der Waals surface area (Å²) in [4.78, 5) is 96.7. The molecule has 2 atom stereocenters. The third-order valence-corrected chi connectivity index (χ3v) is 7.19. The van der Waals surface area contributed by atoms with Gasteiger partial charge in [0.05, 0.1) is 12.2 Å². The molecule has 0 rings (SSSR count). The van der Waals surface area contributed by atoms with E-state index in [1.807, 2.05) is 27.7 Å². The Morgan fingerprint density at radius 3 is 1.13 bits per heavy atom. The van der Waals surface area contributed by atoms with E-state index in [0.29, 0.717) is 38.8 Å². The summed E-state index contributed by atoms with van der Waals surface area (Å²) in [7, 11) is 0. The molecular formula is C34H60N6O12. The van der Waals surface area contributed by atoms with Gasteiger partial charge in [-0.2, -0.15) is 0 Å². The van der Waals surface area contributed by atoms with Crippen molar-refractivity contribution >= 4 is 47.4 Å². The highest BCUT2D eigenvalue weighted by Crippen LogP contribution is 2.06. The van der Waals surface area contributed by atoms with Gasteiger partial charge < -0.3 is 51.6 Å². The van der Waals surface area contributed by atoms with Crippen molar-refractivity contribution in [2.75, 3.05) is 39.4 Å². The smallest absolute Gasteiger partial charge is 0.303 e. The van der Waals surface area contributed by atoms with Crippen LogP contribution in [0.3, 0.4) is 0 Å². The number of carboxylic acids is 2. The van der Waals surface area contributed by atoms with E-state index in [2.05, 4.69) is 31.9 Å². The van der Waals surface area contributed by atoms with Gasteiger partial charge in [0, 0.05) is 51.9 Å². The molecule has 0 saturated carbocycles. The Labute approximate surface area is 305 Å². The number of carbonyl (C=O) groups excluding carboxylic acids is 6. The standard InChI is InChI=1S/C34H60N6O12/c1-23(2)51-21-29(43)35-17-7-5-11-25(33(49)37-19-9-13-31(45)46)39-27(41)15-16-28(42)40-26(34(50)38-20-10-14-32(47)48)12-6-8-18-36-30(44)22-52-24(3)4/h23-26H,5-22H2,1-4H3,(H,35,43)(H,36,44)(H,37,49)(H,38,50)(H,39,41)(H,40,42)(H,45,46)(H,47,48)/t25-,26-/m0/s1. The van der Waals surface area contributed by atoms with E-state index < -0.39 is 47.7 Å². The summed E-state index contributed by atoms with van der Waals surface area (Å²) in [6.07, 6.45) is 1.71. The molecule has 6 amide bonds. The summed E-state index contributed by atoms with van der Waals surface area (Å²) in [5.74, 6) is -4.77. The molecule has 0 radical (unpaired) electrons. The van der Waals surface area contributed by atoms with Crippen LogP contribution in [-0.2, 0) is 47.8 Å². The zero-order valence-corrected chi connectivity index (χ0v) is 31.0. The molecule has 0 bridgehead atoms. The lowest BCUT2D eigenvalue weighted by Crippen LogP contribution is -2.48. The summed E-state index contributed by atoms with van der Waals surface area (Å²) in [6.45, 7) is 7.93. The zero-order valence-electron chi connectivity index (χ0n) is 31.0. The summed E-state index contributed by atoms with van der Waals surface area (Å²) in [5.41, 5.74) is 0. The molecule has 18 heteroatoms. The van der Waals surface area contributed by atoms with Gasteiger partial charge in [-0.05, 0) is 79.1 Å². The van der Waals surface area contributed by atoms with Gasteiger partial charge in [0.1, 0.15) is 25.3 Å². The van der Waals surface area contributed by atoms with Gasteiger partial charge in [0.15, 0.2) is 0 Å². The number of hydrogen-bond acceptors (Lipinski definition) is 10. The second-order valence-corrected chi connectivity index (χ2v) is 12.7. The number of rotatable bonds is 31. The Morgan fingerprint density at radius 1 is 0.462 bits per heavy atom. The van der Waals surface area contributed by atoms with Gasteiger partial charge in [-0.25, -0.2) is 0 Å². The fraction of sp³-hybridized carbons (Fsp3) is 0.765. The predicted octanol–water partition coefficient (Wildman–Crippen LogP) is 0.121. The molecule has 0 unspecified atom stereocenters. The average molecular weight is 745 g/mol. The highest BCUT2D eigenvalue weighted by Gasteiger charge is 2.23. The van der Waals surface area contributed by atoms with E-state index in [1.54, 1.807) is 0 Å². The highest BCUT2D eigenvalue weighted by molar-refractivity contribution is 5.91. The Hall–Kier alpha value is -4.32. The van der Waals surface area contributed by atoms with Crippen molar-refractivity contribution in [3.8, 4) is 0 Å². The van der Waals surface area contributed by atoms with Crippen molar-refractivity contribution in [3.05, 3.63) is 0 Å². The van der Waals surface area contributed by atoms with Crippen molar-refractivity contribution in [2.24, 2.45) is 0 Å². The molecule has 8 N–H and O–H groups in total. The first-order valence-corrected chi connectivity index (χ1v) is 17.9. The third-order valence-electron chi connectivity index (χ3n) is 7.19. The van der Waals surface area contributed by atoms with Crippen molar-refractivity contribution in [3.63, 3.8) is 0 Å².